The molecular formula is C13H27NO2. The summed E-state index contributed by atoms with van der Waals surface area (Å²) in [4.78, 5) is 10.6. The molecule has 96 valence electrons. The van der Waals surface area contributed by atoms with E-state index in [-0.39, 0.29) is 5.91 Å². The normalized spacial score (nSPS) is 12.4. The Morgan fingerprint density at radius 3 is 2.62 bits per heavy atom. The first-order valence-electron chi connectivity index (χ1n) is 6.52. The fourth-order valence-corrected chi connectivity index (χ4v) is 1.59. The van der Waals surface area contributed by atoms with Gasteiger partial charge in [-0.25, -0.2) is 0 Å². The standard InChI is InChI=1S/C13H27NO2/c1-4-6-8-13(5-2)11-16-10-7-9-14-12(3)15/h13H,4-11H2,1-3H3,(H,14,15). The molecule has 0 rings (SSSR count). The first kappa shape index (κ1) is 15.4. The SMILES string of the molecule is CCCCC(CC)COCCCNC(C)=O. The smallest absolute Gasteiger partial charge is 0.216 e. The Labute approximate surface area is 99.9 Å². The molecule has 0 bridgehead atoms. The topological polar surface area (TPSA) is 38.3 Å². The van der Waals surface area contributed by atoms with Crippen LogP contribution in [-0.2, 0) is 9.53 Å². The maximum absolute atomic E-state index is 10.6. The molecular weight excluding hydrogens is 202 g/mol. The lowest BCUT2D eigenvalue weighted by Gasteiger charge is -2.14. The minimum absolute atomic E-state index is 0.0365. The molecule has 0 aromatic carbocycles. The van der Waals surface area contributed by atoms with Gasteiger partial charge in [-0.05, 0) is 18.8 Å². The van der Waals surface area contributed by atoms with Crippen molar-refractivity contribution < 1.29 is 9.53 Å². The molecule has 0 radical (unpaired) electrons. The van der Waals surface area contributed by atoms with Crippen LogP contribution in [0.25, 0.3) is 0 Å². The molecule has 0 saturated heterocycles. The number of amides is 1. The number of unbranched alkanes of at least 4 members (excludes halogenated alkanes) is 1. The van der Waals surface area contributed by atoms with E-state index in [1.54, 1.807) is 6.92 Å². The van der Waals surface area contributed by atoms with E-state index in [0.29, 0.717) is 5.92 Å². The quantitative estimate of drug-likeness (QED) is 0.585. The number of rotatable bonds is 10. The van der Waals surface area contributed by atoms with Crippen LogP contribution in [0.15, 0.2) is 0 Å². The van der Waals surface area contributed by atoms with Gasteiger partial charge in [0.1, 0.15) is 0 Å². The Hall–Kier alpha value is -0.570. The van der Waals surface area contributed by atoms with Gasteiger partial charge in [-0.3, -0.25) is 4.79 Å². The van der Waals surface area contributed by atoms with Crippen molar-refractivity contribution >= 4 is 5.91 Å². The van der Waals surface area contributed by atoms with Crippen molar-refractivity contribution in [3.8, 4) is 0 Å². The van der Waals surface area contributed by atoms with Crippen LogP contribution in [0.4, 0.5) is 0 Å². The third-order valence-corrected chi connectivity index (χ3v) is 2.74. The number of hydrogen-bond donors (Lipinski definition) is 1. The number of nitrogens with one attached hydrogen (secondary N) is 1. The molecule has 16 heavy (non-hydrogen) atoms. The summed E-state index contributed by atoms with van der Waals surface area (Å²) in [5, 5.41) is 2.76. The Kier molecular flexibility index (Phi) is 10.5. The maximum atomic E-state index is 10.6. The van der Waals surface area contributed by atoms with Crippen LogP contribution in [0.2, 0.25) is 0 Å². The largest absolute Gasteiger partial charge is 0.381 e. The molecule has 0 spiro atoms. The lowest BCUT2D eigenvalue weighted by molar-refractivity contribution is -0.119. The Bertz CT molecular complexity index is 171. The van der Waals surface area contributed by atoms with Crippen molar-refractivity contribution in [3.05, 3.63) is 0 Å². The number of carbonyl (C=O) groups is 1. The molecule has 1 N–H and O–H groups in total. The molecule has 1 unspecified atom stereocenters. The zero-order valence-electron chi connectivity index (χ0n) is 11.1. The van der Waals surface area contributed by atoms with Crippen molar-refractivity contribution in [2.45, 2.75) is 52.9 Å². The highest BCUT2D eigenvalue weighted by molar-refractivity contribution is 5.72. The summed E-state index contributed by atoms with van der Waals surface area (Å²) in [6.07, 6.45) is 5.95. The number of ether oxygens (including phenoxy) is 1. The third-order valence-electron chi connectivity index (χ3n) is 2.74. The second-order valence-corrected chi connectivity index (χ2v) is 4.33. The molecule has 0 aromatic heterocycles. The molecule has 0 saturated carbocycles. The zero-order chi connectivity index (χ0) is 12.2. The molecule has 1 amide bonds. The Balaban J connectivity index is 3.30. The molecule has 0 aliphatic heterocycles. The van der Waals surface area contributed by atoms with Crippen molar-refractivity contribution in [3.63, 3.8) is 0 Å². The van der Waals surface area contributed by atoms with E-state index in [4.69, 9.17) is 4.74 Å². The van der Waals surface area contributed by atoms with Crippen LogP contribution in [0.5, 0.6) is 0 Å². The molecule has 0 aliphatic rings. The van der Waals surface area contributed by atoms with Gasteiger partial charge in [0.25, 0.3) is 0 Å². The first-order chi connectivity index (χ1) is 7.70. The average Bonchev–Trinajstić information content (AvgIpc) is 2.26. The van der Waals surface area contributed by atoms with Crippen LogP contribution in [0, 0.1) is 5.92 Å². The molecule has 3 heteroatoms. The summed E-state index contributed by atoms with van der Waals surface area (Å²) in [5.74, 6) is 0.745. The van der Waals surface area contributed by atoms with Crippen LogP contribution < -0.4 is 5.32 Å². The minimum atomic E-state index is 0.0365. The van der Waals surface area contributed by atoms with Crippen LogP contribution in [0.1, 0.15) is 52.9 Å². The third kappa shape index (κ3) is 9.97. The average molecular weight is 229 g/mol. The van der Waals surface area contributed by atoms with Gasteiger partial charge in [-0.1, -0.05) is 33.1 Å². The zero-order valence-corrected chi connectivity index (χ0v) is 11.1. The molecule has 0 aliphatic carbocycles. The van der Waals surface area contributed by atoms with E-state index in [9.17, 15) is 4.79 Å². The van der Waals surface area contributed by atoms with E-state index in [0.717, 1.165) is 26.2 Å². The molecule has 3 nitrogen and oxygen atoms in total. The van der Waals surface area contributed by atoms with Gasteiger partial charge in [-0.15, -0.1) is 0 Å². The number of carbonyl (C=O) groups excluding carboxylic acids is 1. The first-order valence-corrected chi connectivity index (χ1v) is 6.52. The lowest BCUT2D eigenvalue weighted by Crippen LogP contribution is -2.22. The van der Waals surface area contributed by atoms with Gasteiger partial charge < -0.3 is 10.1 Å². The summed E-state index contributed by atoms with van der Waals surface area (Å²) in [6.45, 7) is 8.33. The van der Waals surface area contributed by atoms with Crippen molar-refractivity contribution in [1.82, 2.24) is 5.32 Å². The summed E-state index contributed by atoms with van der Waals surface area (Å²) in [5.41, 5.74) is 0. The predicted molar refractivity (Wildman–Crippen MR) is 67.4 cm³/mol. The van der Waals surface area contributed by atoms with Gasteiger partial charge in [0.2, 0.25) is 5.91 Å². The summed E-state index contributed by atoms with van der Waals surface area (Å²) < 4.78 is 5.61. The molecule has 0 fully saturated rings. The highest BCUT2D eigenvalue weighted by Gasteiger charge is 2.05. The highest BCUT2D eigenvalue weighted by atomic mass is 16.5. The van der Waals surface area contributed by atoms with Gasteiger partial charge in [0, 0.05) is 26.7 Å². The molecule has 0 aromatic rings. The second kappa shape index (κ2) is 10.9. The number of hydrogen-bond acceptors (Lipinski definition) is 2. The second-order valence-electron chi connectivity index (χ2n) is 4.33. The fourth-order valence-electron chi connectivity index (χ4n) is 1.59. The van der Waals surface area contributed by atoms with E-state index in [1.165, 1.54) is 25.7 Å². The summed E-state index contributed by atoms with van der Waals surface area (Å²) in [6, 6.07) is 0. The van der Waals surface area contributed by atoms with E-state index >= 15 is 0 Å². The molecule has 1 atom stereocenters. The van der Waals surface area contributed by atoms with Crippen molar-refractivity contribution in [1.29, 1.82) is 0 Å². The predicted octanol–water partition coefficient (Wildman–Crippen LogP) is 2.75. The maximum Gasteiger partial charge on any atom is 0.216 e. The van der Waals surface area contributed by atoms with E-state index in [2.05, 4.69) is 19.2 Å². The van der Waals surface area contributed by atoms with E-state index < -0.39 is 0 Å². The highest BCUT2D eigenvalue weighted by Crippen LogP contribution is 2.12. The monoisotopic (exact) mass is 229 g/mol. The van der Waals surface area contributed by atoms with Crippen LogP contribution >= 0.6 is 0 Å². The van der Waals surface area contributed by atoms with Crippen molar-refractivity contribution in [2.75, 3.05) is 19.8 Å². The Morgan fingerprint density at radius 1 is 1.31 bits per heavy atom. The van der Waals surface area contributed by atoms with Crippen molar-refractivity contribution in [2.24, 2.45) is 5.92 Å². The van der Waals surface area contributed by atoms with Crippen LogP contribution in [-0.4, -0.2) is 25.7 Å². The van der Waals surface area contributed by atoms with Gasteiger partial charge in [-0.2, -0.15) is 0 Å². The van der Waals surface area contributed by atoms with E-state index in [1.807, 2.05) is 0 Å². The van der Waals surface area contributed by atoms with Gasteiger partial charge in [0.05, 0.1) is 0 Å². The van der Waals surface area contributed by atoms with Gasteiger partial charge >= 0.3 is 0 Å². The van der Waals surface area contributed by atoms with Crippen LogP contribution in [0.3, 0.4) is 0 Å². The lowest BCUT2D eigenvalue weighted by atomic mass is 10.0. The molecule has 0 heterocycles. The Morgan fingerprint density at radius 2 is 2.06 bits per heavy atom. The van der Waals surface area contributed by atoms with Gasteiger partial charge in [0.15, 0.2) is 0 Å². The fraction of sp³-hybridized carbons (Fsp3) is 0.923. The summed E-state index contributed by atoms with van der Waals surface area (Å²) in [7, 11) is 0. The summed E-state index contributed by atoms with van der Waals surface area (Å²) >= 11 is 0. The minimum Gasteiger partial charge on any atom is -0.381 e.